The van der Waals surface area contributed by atoms with E-state index in [0.29, 0.717) is 16.9 Å². The van der Waals surface area contributed by atoms with Gasteiger partial charge in [0.1, 0.15) is 11.3 Å². The number of aryl methyl sites for hydroxylation is 1. The first-order valence-electron chi connectivity index (χ1n) is 7.33. The second-order valence-corrected chi connectivity index (χ2v) is 5.19. The van der Waals surface area contributed by atoms with Crippen LogP contribution in [0.5, 0.6) is 5.75 Å². The standard InChI is InChI=1S/C18H16N2O4/c1-11-14-8-3-4-9-15(14)24-16(11)18(22)20-19-17(21)12-6-5-7-13(10-12)23-2/h3-10H,1-2H3,(H,19,21)(H,20,22). The smallest absolute Gasteiger partial charge is 0.305 e. The maximum absolute atomic E-state index is 12.2. The Kier molecular flexibility index (Phi) is 4.20. The van der Waals surface area contributed by atoms with Crippen molar-refractivity contribution in [1.82, 2.24) is 10.9 Å². The maximum Gasteiger partial charge on any atom is 0.305 e. The molecule has 24 heavy (non-hydrogen) atoms. The molecule has 122 valence electrons. The number of para-hydroxylation sites is 1. The van der Waals surface area contributed by atoms with Crippen molar-refractivity contribution >= 4 is 22.8 Å². The van der Waals surface area contributed by atoms with Gasteiger partial charge in [-0.1, -0.05) is 24.3 Å². The molecule has 3 rings (SSSR count). The highest BCUT2D eigenvalue weighted by Crippen LogP contribution is 2.24. The summed E-state index contributed by atoms with van der Waals surface area (Å²) in [4.78, 5) is 24.3. The van der Waals surface area contributed by atoms with E-state index >= 15 is 0 Å². The van der Waals surface area contributed by atoms with Crippen LogP contribution in [-0.2, 0) is 0 Å². The summed E-state index contributed by atoms with van der Waals surface area (Å²) in [5, 5.41) is 0.863. The van der Waals surface area contributed by atoms with Crippen molar-refractivity contribution < 1.29 is 18.7 Å². The average molecular weight is 324 g/mol. The summed E-state index contributed by atoms with van der Waals surface area (Å²) < 4.78 is 10.6. The highest BCUT2D eigenvalue weighted by atomic mass is 16.5. The average Bonchev–Trinajstić information content (AvgIpc) is 2.96. The monoisotopic (exact) mass is 324 g/mol. The summed E-state index contributed by atoms with van der Waals surface area (Å²) in [7, 11) is 1.52. The van der Waals surface area contributed by atoms with Crippen LogP contribution < -0.4 is 15.6 Å². The third kappa shape index (κ3) is 2.94. The first-order valence-corrected chi connectivity index (χ1v) is 7.33. The number of ether oxygens (including phenoxy) is 1. The number of hydrogen-bond donors (Lipinski definition) is 2. The summed E-state index contributed by atoms with van der Waals surface area (Å²) in [5.41, 5.74) is 6.45. The molecular formula is C18H16N2O4. The number of rotatable bonds is 3. The van der Waals surface area contributed by atoms with Gasteiger partial charge >= 0.3 is 5.91 Å². The summed E-state index contributed by atoms with van der Waals surface area (Å²) in [5.74, 6) is -0.236. The quantitative estimate of drug-likeness (QED) is 0.726. The van der Waals surface area contributed by atoms with E-state index in [2.05, 4.69) is 10.9 Å². The highest BCUT2D eigenvalue weighted by Gasteiger charge is 2.18. The Balaban J connectivity index is 1.72. The van der Waals surface area contributed by atoms with Crippen LogP contribution in [0.4, 0.5) is 0 Å². The lowest BCUT2D eigenvalue weighted by molar-refractivity contribution is 0.0831. The number of fused-ring (bicyclic) bond motifs is 1. The van der Waals surface area contributed by atoms with Crippen LogP contribution >= 0.6 is 0 Å². The van der Waals surface area contributed by atoms with Gasteiger partial charge in [-0.2, -0.15) is 0 Å². The summed E-state index contributed by atoms with van der Waals surface area (Å²) in [6, 6.07) is 14.0. The van der Waals surface area contributed by atoms with Gasteiger partial charge in [0.15, 0.2) is 5.76 Å². The molecule has 6 nitrogen and oxygen atoms in total. The van der Waals surface area contributed by atoms with E-state index in [1.165, 1.54) is 7.11 Å². The minimum Gasteiger partial charge on any atom is -0.497 e. The summed E-state index contributed by atoms with van der Waals surface area (Å²) in [6.07, 6.45) is 0. The van der Waals surface area contributed by atoms with Crippen molar-refractivity contribution in [2.75, 3.05) is 7.11 Å². The van der Waals surface area contributed by atoms with Gasteiger partial charge in [0.05, 0.1) is 7.11 Å². The third-order valence-corrected chi connectivity index (χ3v) is 3.67. The Hall–Kier alpha value is -3.28. The second kappa shape index (κ2) is 6.45. The van der Waals surface area contributed by atoms with Crippen LogP contribution in [-0.4, -0.2) is 18.9 Å². The van der Waals surface area contributed by atoms with Gasteiger partial charge in [-0.05, 0) is 31.2 Å². The van der Waals surface area contributed by atoms with E-state index in [1.54, 1.807) is 37.3 Å². The molecule has 2 N–H and O–H groups in total. The van der Waals surface area contributed by atoms with Gasteiger partial charge in [-0.3, -0.25) is 20.4 Å². The van der Waals surface area contributed by atoms with Crippen molar-refractivity contribution in [3.8, 4) is 5.75 Å². The van der Waals surface area contributed by atoms with E-state index in [-0.39, 0.29) is 5.76 Å². The molecule has 0 radical (unpaired) electrons. The van der Waals surface area contributed by atoms with Crippen molar-refractivity contribution in [3.05, 3.63) is 65.4 Å². The fourth-order valence-electron chi connectivity index (χ4n) is 2.40. The third-order valence-electron chi connectivity index (χ3n) is 3.67. The van der Waals surface area contributed by atoms with Gasteiger partial charge in [0.2, 0.25) is 0 Å². The molecule has 0 atom stereocenters. The minimum absolute atomic E-state index is 0.169. The van der Waals surface area contributed by atoms with E-state index in [0.717, 1.165) is 10.9 Å². The first kappa shape index (κ1) is 15.6. The zero-order valence-corrected chi connectivity index (χ0v) is 13.3. The van der Waals surface area contributed by atoms with Crippen LogP contribution in [0.3, 0.4) is 0 Å². The molecule has 0 aliphatic rings. The van der Waals surface area contributed by atoms with Crippen molar-refractivity contribution in [1.29, 1.82) is 0 Å². The topological polar surface area (TPSA) is 80.6 Å². The van der Waals surface area contributed by atoms with Gasteiger partial charge in [0, 0.05) is 16.5 Å². The number of hydrogen-bond acceptors (Lipinski definition) is 4. The predicted molar refractivity (Wildman–Crippen MR) is 88.9 cm³/mol. The number of furan rings is 1. The van der Waals surface area contributed by atoms with Crippen LogP contribution in [0.25, 0.3) is 11.0 Å². The molecule has 0 spiro atoms. The lowest BCUT2D eigenvalue weighted by atomic mass is 10.1. The highest BCUT2D eigenvalue weighted by molar-refractivity contribution is 6.01. The van der Waals surface area contributed by atoms with E-state index in [9.17, 15) is 9.59 Å². The van der Waals surface area contributed by atoms with Crippen molar-refractivity contribution in [2.24, 2.45) is 0 Å². The molecular weight excluding hydrogens is 308 g/mol. The van der Waals surface area contributed by atoms with E-state index in [1.807, 2.05) is 18.2 Å². The van der Waals surface area contributed by atoms with Crippen LogP contribution in [0.1, 0.15) is 26.5 Å². The number of benzene rings is 2. The molecule has 0 bridgehead atoms. The number of nitrogens with one attached hydrogen (secondary N) is 2. The molecule has 0 saturated carbocycles. The first-order chi connectivity index (χ1) is 11.6. The molecule has 0 unspecified atom stereocenters. The van der Waals surface area contributed by atoms with Crippen LogP contribution in [0.15, 0.2) is 52.9 Å². The fourth-order valence-corrected chi connectivity index (χ4v) is 2.40. The van der Waals surface area contributed by atoms with Gasteiger partial charge in [-0.25, -0.2) is 0 Å². The summed E-state index contributed by atoms with van der Waals surface area (Å²) in [6.45, 7) is 1.80. The van der Waals surface area contributed by atoms with Gasteiger partial charge < -0.3 is 9.15 Å². The lowest BCUT2D eigenvalue weighted by Gasteiger charge is -2.07. The van der Waals surface area contributed by atoms with Crippen molar-refractivity contribution in [2.45, 2.75) is 6.92 Å². The molecule has 0 saturated heterocycles. The maximum atomic E-state index is 12.2. The minimum atomic E-state index is -0.514. The number of methoxy groups -OCH3 is 1. The molecule has 1 aromatic heterocycles. The molecule has 0 aliphatic heterocycles. The largest absolute Gasteiger partial charge is 0.497 e. The summed E-state index contributed by atoms with van der Waals surface area (Å²) >= 11 is 0. The van der Waals surface area contributed by atoms with Crippen molar-refractivity contribution in [3.63, 3.8) is 0 Å². The second-order valence-electron chi connectivity index (χ2n) is 5.19. The van der Waals surface area contributed by atoms with Crippen LogP contribution in [0.2, 0.25) is 0 Å². The SMILES string of the molecule is COc1cccc(C(=O)NNC(=O)c2oc3ccccc3c2C)c1. The molecule has 3 aromatic rings. The molecule has 6 heteroatoms. The number of hydrazine groups is 1. The number of amides is 2. The molecule has 2 aromatic carbocycles. The number of carbonyl (C=O) groups is 2. The molecule has 1 heterocycles. The molecule has 2 amide bonds. The van der Waals surface area contributed by atoms with E-state index < -0.39 is 11.8 Å². The zero-order valence-electron chi connectivity index (χ0n) is 13.3. The molecule has 0 fully saturated rings. The van der Waals surface area contributed by atoms with Crippen LogP contribution in [0, 0.1) is 6.92 Å². The fraction of sp³-hybridized carbons (Fsp3) is 0.111. The Morgan fingerprint density at radius 2 is 1.75 bits per heavy atom. The van der Waals surface area contributed by atoms with Gasteiger partial charge in [-0.15, -0.1) is 0 Å². The molecule has 0 aliphatic carbocycles. The Morgan fingerprint density at radius 1 is 1.00 bits per heavy atom. The van der Waals surface area contributed by atoms with Gasteiger partial charge in [0.25, 0.3) is 5.91 Å². The zero-order chi connectivity index (χ0) is 17.1. The normalized spacial score (nSPS) is 10.4. The number of carbonyl (C=O) groups excluding carboxylic acids is 2. The Morgan fingerprint density at radius 3 is 2.50 bits per heavy atom. The Labute approximate surface area is 138 Å². The Bertz CT molecular complexity index is 914. The van der Waals surface area contributed by atoms with E-state index in [4.69, 9.17) is 9.15 Å². The lowest BCUT2D eigenvalue weighted by Crippen LogP contribution is -2.41. The predicted octanol–water partition coefficient (Wildman–Crippen LogP) is 2.82.